The topological polar surface area (TPSA) is 75.8 Å². The van der Waals surface area contributed by atoms with Crippen LogP contribution in [-0.2, 0) is 4.74 Å². The number of hydrogen-bond acceptors (Lipinski definition) is 4. The Morgan fingerprint density at radius 3 is 2.41 bits per heavy atom. The average molecular weight is 246 g/mol. The average Bonchev–Trinajstić information content (AvgIpc) is 2.20. The van der Waals surface area contributed by atoms with Gasteiger partial charge in [0.15, 0.2) is 0 Å². The largest absolute Gasteiger partial charge is 0.444 e. The maximum atomic E-state index is 11.8. The lowest BCUT2D eigenvalue weighted by molar-refractivity contribution is 0.0242. The summed E-state index contributed by atoms with van der Waals surface area (Å²) in [5.41, 5.74) is 4.98. The van der Waals surface area contributed by atoms with Crippen LogP contribution in [0, 0.1) is 5.92 Å². The third kappa shape index (κ3) is 7.99. The van der Waals surface area contributed by atoms with Crippen molar-refractivity contribution in [2.24, 2.45) is 11.7 Å². The molecule has 0 aliphatic rings. The van der Waals surface area contributed by atoms with Crippen LogP contribution in [0.1, 0.15) is 34.1 Å². The lowest BCUT2D eigenvalue weighted by atomic mass is 10.1. The highest BCUT2D eigenvalue weighted by Crippen LogP contribution is 2.11. The van der Waals surface area contributed by atoms with E-state index in [9.17, 15) is 4.79 Å². The van der Waals surface area contributed by atoms with Crippen LogP contribution in [0.5, 0.6) is 0 Å². The minimum atomic E-state index is -0.494. The number of aliphatic hydroxyl groups excluding tert-OH is 1. The molecular formula is C12H26N2O3. The molecule has 1 atom stereocenters. The molecule has 17 heavy (non-hydrogen) atoms. The second kappa shape index (κ2) is 7.50. The Bertz CT molecular complexity index is 226. The van der Waals surface area contributed by atoms with E-state index in [-0.39, 0.29) is 18.6 Å². The molecule has 0 aliphatic carbocycles. The molecule has 5 nitrogen and oxygen atoms in total. The van der Waals surface area contributed by atoms with Gasteiger partial charge >= 0.3 is 6.09 Å². The Hall–Kier alpha value is -0.810. The Morgan fingerprint density at radius 1 is 1.41 bits per heavy atom. The molecule has 102 valence electrons. The van der Waals surface area contributed by atoms with Crippen LogP contribution in [0.25, 0.3) is 0 Å². The summed E-state index contributed by atoms with van der Waals surface area (Å²) in [5.74, 6) is 0.178. The number of carbonyl (C=O) groups is 1. The van der Waals surface area contributed by atoms with E-state index in [1.54, 1.807) is 4.90 Å². The highest BCUT2D eigenvalue weighted by Gasteiger charge is 2.21. The molecule has 0 fully saturated rings. The number of rotatable bonds is 6. The first-order valence-corrected chi connectivity index (χ1v) is 6.09. The van der Waals surface area contributed by atoms with Gasteiger partial charge in [0.25, 0.3) is 0 Å². The minimum absolute atomic E-state index is 0.130. The zero-order valence-corrected chi connectivity index (χ0v) is 11.4. The van der Waals surface area contributed by atoms with E-state index in [0.29, 0.717) is 19.6 Å². The van der Waals surface area contributed by atoms with Crippen molar-refractivity contribution in [1.82, 2.24) is 4.90 Å². The van der Waals surface area contributed by atoms with Crippen LogP contribution < -0.4 is 5.73 Å². The normalized spacial score (nSPS) is 13.3. The maximum absolute atomic E-state index is 11.8. The third-order valence-electron chi connectivity index (χ3n) is 2.25. The maximum Gasteiger partial charge on any atom is 0.410 e. The second-order valence-electron chi connectivity index (χ2n) is 5.33. The third-order valence-corrected chi connectivity index (χ3v) is 2.25. The molecule has 0 spiro atoms. The van der Waals surface area contributed by atoms with Crippen LogP contribution in [0.15, 0.2) is 0 Å². The summed E-state index contributed by atoms with van der Waals surface area (Å²) in [6, 6.07) is 0. The number of carbonyl (C=O) groups excluding carboxylic acids is 1. The summed E-state index contributed by atoms with van der Waals surface area (Å²) in [7, 11) is 0. The Labute approximate surface area is 104 Å². The lowest BCUT2D eigenvalue weighted by Gasteiger charge is -2.27. The summed E-state index contributed by atoms with van der Waals surface area (Å²) in [6.45, 7) is 9.03. The van der Waals surface area contributed by atoms with Crippen LogP contribution in [-0.4, -0.2) is 47.9 Å². The summed E-state index contributed by atoms with van der Waals surface area (Å²) >= 11 is 0. The number of amides is 1. The van der Waals surface area contributed by atoms with Gasteiger partial charge in [-0.05, 0) is 33.1 Å². The first-order chi connectivity index (χ1) is 7.80. The van der Waals surface area contributed by atoms with Crippen molar-refractivity contribution in [2.75, 3.05) is 26.2 Å². The molecule has 0 aromatic heterocycles. The van der Waals surface area contributed by atoms with Gasteiger partial charge in [-0.2, -0.15) is 0 Å². The van der Waals surface area contributed by atoms with Crippen LogP contribution in [0.4, 0.5) is 4.79 Å². The molecule has 0 aliphatic heterocycles. The van der Waals surface area contributed by atoms with E-state index in [2.05, 4.69) is 0 Å². The first kappa shape index (κ1) is 16.2. The van der Waals surface area contributed by atoms with Crippen molar-refractivity contribution in [1.29, 1.82) is 0 Å². The van der Waals surface area contributed by atoms with E-state index in [1.165, 1.54) is 0 Å². The fourth-order valence-electron chi connectivity index (χ4n) is 1.24. The summed E-state index contributed by atoms with van der Waals surface area (Å²) in [4.78, 5) is 13.4. The Balaban J connectivity index is 4.26. The number of nitrogens with zero attached hydrogens (tertiary/aromatic N) is 1. The van der Waals surface area contributed by atoms with Crippen LogP contribution >= 0.6 is 0 Å². The van der Waals surface area contributed by atoms with Gasteiger partial charge in [-0.25, -0.2) is 4.79 Å². The lowest BCUT2D eigenvalue weighted by Crippen LogP contribution is -2.40. The van der Waals surface area contributed by atoms with Crippen molar-refractivity contribution in [3.63, 3.8) is 0 Å². The predicted molar refractivity (Wildman–Crippen MR) is 67.7 cm³/mol. The zero-order chi connectivity index (χ0) is 13.5. The van der Waals surface area contributed by atoms with Gasteiger partial charge in [-0.15, -0.1) is 0 Å². The van der Waals surface area contributed by atoms with Gasteiger partial charge in [0.05, 0.1) is 0 Å². The van der Waals surface area contributed by atoms with E-state index < -0.39 is 5.60 Å². The number of aliphatic hydroxyl groups is 1. The highest BCUT2D eigenvalue weighted by atomic mass is 16.6. The molecule has 0 bridgehead atoms. The Morgan fingerprint density at radius 2 is 2.00 bits per heavy atom. The highest BCUT2D eigenvalue weighted by molar-refractivity contribution is 5.68. The summed E-state index contributed by atoms with van der Waals surface area (Å²) in [6.07, 6.45) is 0.406. The number of ether oxygens (including phenoxy) is 1. The van der Waals surface area contributed by atoms with Crippen molar-refractivity contribution >= 4 is 6.09 Å². The van der Waals surface area contributed by atoms with Crippen LogP contribution in [0.2, 0.25) is 0 Å². The molecular weight excluding hydrogens is 220 g/mol. The summed E-state index contributed by atoms with van der Waals surface area (Å²) < 4.78 is 5.29. The van der Waals surface area contributed by atoms with Gasteiger partial charge < -0.3 is 20.5 Å². The van der Waals surface area contributed by atoms with Crippen molar-refractivity contribution in [2.45, 2.75) is 39.7 Å². The molecule has 0 unspecified atom stereocenters. The fourth-order valence-corrected chi connectivity index (χ4v) is 1.24. The van der Waals surface area contributed by atoms with Crippen LogP contribution in [0.3, 0.4) is 0 Å². The standard InChI is InChI=1S/C12H26N2O3/c1-10(9-15)5-7-14(8-6-13)11(16)17-12(2,3)4/h10,15H,5-9,13H2,1-4H3/t10-/m1/s1. The predicted octanol–water partition coefficient (Wildman–Crippen LogP) is 1.20. The molecule has 0 saturated carbocycles. The van der Waals surface area contributed by atoms with Crippen molar-refractivity contribution in [3.05, 3.63) is 0 Å². The molecule has 3 N–H and O–H groups in total. The van der Waals surface area contributed by atoms with E-state index in [4.69, 9.17) is 15.6 Å². The van der Waals surface area contributed by atoms with E-state index in [0.717, 1.165) is 6.42 Å². The molecule has 0 heterocycles. The molecule has 0 aromatic carbocycles. The molecule has 5 heteroatoms. The van der Waals surface area contributed by atoms with Crippen molar-refractivity contribution in [3.8, 4) is 0 Å². The minimum Gasteiger partial charge on any atom is -0.444 e. The molecule has 0 radical (unpaired) electrons. The molecule has 0 aromatic rings. The smallest absolute Gasteiger partial charge is 0.410 e. The van der Waals surface area contributed by atoms with Gasteiger partial charge in [0, 0.05) is 26.2 Å². The van der Waals surface area contributed by atoms with Gasteiger partial charge in [0.2, 0.25) is 0 Å². The second-order valence-corrected chi connectivity index (χ2v) is 5.33. The zero-order valence-electron chi connectivity index (χ0n) is 11.4. The first-order valence-electron chi connectivity index (χ1n) is 6.09. The quantitative estimate of drug-likeness (QED) is 0.738. The number of nitrogens with two attached hydrogens (primary N) is 1. The summed E-state index contributed by atoms with van der Waals surface area (Å²) in [5, 5.41) is 8.94. The van der Waals surface area contributed by atoms with Gasteiger partial charge in [-0.1, -0.05) is 6.92 Å². The van der Waals surface area contributed by atoms with Crippen molar-refractivity contribution < 1.29 is 14.6 Å². The van der Waals surface area contributed by atoms with Gasteiger partial charge in [0.1, 0.15) is 5.60 Å². The SMILES string of the molecule is C[C@@H](CO)CCN(CCN)C(=O)OC(C)(C)C. The van der Waals surface area contributed by atoms with Gasteiger partial charge in [-0.3, -0.25) is 0 Å². The number of hydrogen-bond donors (Lipinski definition) is 2. The van der Waals surface area contributed by atoms with E-state index >= 15 is 0 Å². The molecule has 1 amide bonds. The fraction of sp³-hybridized carbons (Fsp3) is 0.917. The molecule has 0 rings (SSSR count). The molecule has 0 saturated heterocycles. The van der Waals surface area contributed by atoms with E-state index in [1.807, 2.05) is 27.7 Å². The Kier molecular flexibility index (Phi) is 7.15. The monoisotopic (exact) mass is 246 g/mol.